The molecule has 1 amide bonds. The van der Waals surface area contributed by atoms with Crippen molar-refractivity contribution in [2.75, 3.05) is 13.1 Å². The van der Waals surface area contributed by atoms with E-state index in [2.05, 4.69) is 34.6 Å². The Morgan fingerprint density at radius 3 is 2.56 bits per heavy atom. The Balaban J connectivity index is 1.52. The second kappa shape index (κ2) is 7.89. The fraction of sp³-hybridized carbons (Fsp3) is 0.304. The van der Waals surface area contributed by atoms with Crippen molar-refractivity contribution >= 4 is 16.8 Å². The van der Waals surface area contributed by atoms with Crippen LogP contribution in [-0.2, 0) is 13.1 Å². The molecular weight excluding hydrogens is 334 g/mol. The maximum Gasteiger partial charge on any atom is 0.252 e. The van der Waals surface area contributed by atoms with Gasteiger partial charge in [0.1, 0.15) is 6.54 Å². The molecule has 1 aromatic heterocycles. The van der Waals surface area contributed by atoms with Crippen molar-refractivity contribution in [2.24, 2.45) is 0 Å². The lowest BCUT2D eigenvalue weighted by Crippen LogP contribution is -3.08. The minimum atomic E-state index is -0.0416. The largest absolute Gasteiger partial charge is 0.348 e. The van der Waals surface area contributed by atoms with E-state index in [1.807, 2.05) is 37.3 Å². The number of rotatable bonds is 5. The van der Waals surface area contributed by atoms with Crippen LogP contribution in [0.2, 0.25) is 0 Å². The number of nitrogens with zero attached hydrogens (tertiary/aromatic N) is 1. The first kappa shape index (κ1) is 17.7. The average Bonchev–Trinajstić information content (AvgIpc) is 3.19. The first-order valence-electron chi connectivity index (χ1n) is 9.75. The van der Waals surface area contributed by atoms with Crippen molar-refractivity contribution in [2.45, 2.75) is 32.9 Å². The number of quaternary nitrogens is 1. The molecule has 0 aliphatic carbocycles. The molecule has 2 aromatic carbocycles. The van der Waals surface area contributed by atoms with Crippen LogP contribution >= 0.6 is 0 Å². The van der Waals surface area contributed by atoms with E-state index in [4.69, 9.17) is 0 Å². The predicted octanol–water partition coefficient (Wildman–Crippen LogP) is 2.65. The van der Waals surface area contributed by atoms with Crippen molar-refractivity contribution in [1.82, 2.24) is 10.3 Å². The molecule has 0 bridgehead atoms. The van der Waals surface area contributed by atoms with Crippen LogP contribution < -0.4 is 10.2 Å². The van der Waals surface area contributed by atoms with Crippen LogP contribution in [0.25, 0.3) is 10.9 Å². The summed E-state index contributed by atoms with van der Waals surface area (Å²) in [6, 6.07) is 18.1. The van der Waals surface area contributed by atoms with Crippen molar-refractivity contribution in [3.8, 4) is 0 Å². The first-order valence-corrected chi connectivity index (χ1v) is 9.75. The number of hydrogen-bond acceptors (Lipinski definition) is 2. The standard InChI is InChI=1S/C23H25N3O/c1-17-14-21(20-10-4-5-11-22(20)25-17)23(27)24-15-18-8-2-3-9-19(18)16-26-12-6-7-13-26/h2-5,8-11,14H,6-7,12-13,15-16H2,1H3,(H,24,27)/p+1. The number of amides is 1. The molecule has 2 heterocycles. The molecule has 0 unspecified atom stereocenters. The van der Waals surface area contributed by atoms with Gasteiger partial charge in [-0.2, -0.15) is 0 Å². The van der Waals surface area contributed by atoms with Gasteiger partial charge in [-0.05, 0) is 24.6 Å². The predicted molar refractivity (Wildman–Crippen MR) is 108 cm³/mol. The van der Waals surface area contributed by atoms with Crippen molar-refractivity contribution in [3.05, 3.63) is 77.0 Å². The number of para-hydroxylation sites is 1. The minimum absolute atomic E-state index is 0.0416. The molecule has 27 heavy (non-hydrogen) atoms. The maximum absolute atomic E-state index is 12.9. The molecule has 4 heteroatoms. The van der Waals surface area contributed by atoms with E-state index in [0.29, 0.717) is 12.1 Å². The van der Waals surface area contributed by atoms with Gasteiger partial charge in [0.25, 0.3) is 5.91 Å². The summed E-state index contributed by atoms with van der Waals surface area (Å²) in [6.45, 7) is 6.03. The lowest BCUT2D eigenvalue weighted by Gasteiger charge is -2.16. The van der Waals surface area contributed by atoms with E-state index in [1.165, 1.54) is 37.1 Å². The molecule has 1 aliphatic rings. The second-order valence-corrected chi connectivity index (χ2v) is 7.41. The highest BCUT2D eigenvalue weighted by molar-refractivity contribution is 6.06. The Morgan fingerprint density at radius 1 is 1.04 bits per heavy atom. The number of pyridine rings is 1. The normalized spacial score (nSPS) is 14.6. The number of aromatic nitrogens is 1. The molecule has 1 fully saturated rings. The van der Waals surface area contributed by atoms with Crippen LogP contribution in [0.4, 0.5) is 0 Å². The van der Waals surface area contributed by atoms with E-state index in [-0.39, 0.29) is 5.91 Å². The van der Waals surface area contributed by atoms with Gasteiger partial charge in [0.05, 0.1) is 24.2 Å². The number of fused-ring (bicyclic) bond motifs is 1. The zero-order chi connectivity index (χ0) is 18.6. The molecule has 3 aromatic rings. The summed E-state index contributed by atoms with van der Waals surface area (Å²) < 4.78 is 0. The van der Waals surface area contributed by atoms with Gasteiger partial charge in [0.15, 0.2) is 0 Å². The zero-order valence-electron chi connectivity index (χ0n) is 15.8. The topological polar surface area (TPSA) is 46.4 Å². The zero-order valence-corrected chi connectivity index (χ0v) is 15.8. The Labute approximate surface area is 160 Å². The van der Waals surface area contributed by atoms with E-state index in [0.717, 1.165) is 23.1 Å². The molecule has 138 valence electrons. The van der Waals surface area contributed by atoms with Gasteiger partial charge in [0.2, 0.25) is 0 Å². The third-order valence-corrected chi connectivity index (χ3v) is 5.40. The second-order valence-electron chi connectivity index (χ2n) is 7.41. The van der Waals surface area contributed by atoms with Crippen LogP contribution in [0.1, 0.15) is 40.0 Å². The van der Waals surface area contributed by atoms with Crippen LogP contribution in [0.5, 0.6) is 0 Å². The molecule has 4 rings (SSSR count). The maximum atomic E-state index is 12.9. The highest BCUT2D eigenvalue weighted by Gasteiger charge is 2.18. The molecule has 4 nitrogen and oxygen atoms in total. The molecule has 2 N–H and O–H groups in total. The van der Waals surface area contributed by atoms with Crippen LogP contribution in [0.15, 0.2) is 54.6 Å². The number of carbonyl (C=O) groups excluding carboxylic acids is 1. The summed E-state index contributed by atoms with van der Waals surface area (Å²) in [5, 5.41) is 4.02. The smallest absolute Gasteiger partial charge is 0.252 e. The summed E-state index contributed by atoms with van der Waals surface area (Å²) >= 11 is 0. The summed E-state index contributed by atoms with van der Waals surface area (Å²) in [6.07, 6.45) is 2.64. The van der Waals surface area contributed by atoms with Crippen LogP contribution in [0, 0.1) is 6.92 Å². The van der Waals surface area contributed by atoms with E-state index >= 15 is 0 Å². The van der Waals surface area contributed by atoms with Gasteiger partial charge in [-0.1, -0.05) is 42.5 Å². The third kappa shape index (κ3) is 4.01. The Kier molecular flexibility index (Phi) is 5.16. The Morgan fingerprint density at radius 2 is 1.74 bits per heavy atom. The number of hydrogen-bond donors (Lipinski definition) is 2. The molecule has 0 spiro atoms. The molecule has 0 radical (unpaired) electrons. The Hall–Kier alpha value is -2.72. The molecule has 0 saturated carbocycles. The van der Waals surface area contributed by atoms with Gasteiger partial charge < -0.3 is 10.2 Å². The van der Waals surface area contributed by atoms with Gasteiger partial charge in [-0.15, -0.1) is 0 Å². The number of carbonyl (C=O) groups is 1. The van der Waals surface area contributed by atoms with E-state index in [1.54, 1.807) is 4.90 Å². The highest BCUT2D eigenvalue weighted by Crippen LogP contribution is 2.18. The average molecular weight is 360 g/mol. The fourth-order valence-corrected chi connectivity index (χ4v) is 3.99. The number of nitrogens with one attached hydrogen (secondary N) is 2. The summed E-state index contributed by atoms with van der Waals surface area (Å²) in [5.74, 6) is -0.0416. The number of benzene rings is 2. The van der Waals surface area contributed by atoms with Crippen molar-refractivity contribution < 1.29 is 9.69 Å². The fourth-order valence-electron chi connectivity index (χ4n) is 3.99. The minimum Gasteiger partial charge on any atom is -0.348 e. The molecule has 1 aliphatic heterocycles. The highest BCUT2D eigenvalue weighted by atomic mass is 16.1. The third-order valence-electron chi connectivity index (χ3n) is 5.40. The van der Waals surface area contributed by atoms with E-state index < -0.39 is 0 Å². The summed E-state index contributed by atoms with van der Waals surface area (Å²) in [4.78, 5) is 19.1. The Bertz CT molecular complexity index is 961. The molecular formula is C23H26N3O+. The van der Waals surface area contributed by atoms with Gasteiger partial charge in [0, 0.05) is 36.0 Å². The molecule has 0 atom stereocenters. The van der Waals surface area contributed by atoms with Gasteiger partial charge in [-0.3, -0.25) is 9.78 Å². The van der Waals surface area contributed by atoms with Crippen molar-refractivity contribution in [3.63, 3.8) is 0 Å². The number of likely N-dealkylation sites (tertiary alicyclic amines) is 1. The SMILES string of the molecule is Cc1cc(C(=O)NCc2ccccc2C[NH+]2CCCC2)c2ccccc2n1. The summed E-state index contributed by atoms with van der Waals surface area (Å²) in [5.41, 5.74) is 4.96. The van der Waals surface area contributed by atoms with Gasteiger partial charge >= 0.3 is 0 Å². The number of aryl methyl sites for hydroxylation is 1. The quantitative estimate of drug-likeness (QED) is 0.735. The lowest BCUT2D eigenvalue weighted by atomic mass is 10.1. The van der Waals surface area contributed by atoms with E-state index in [9.17, 15) is 4.79 Å². The van der Waals surface area contributed by atoms with Gasteiger partial charge in [-0.25, -0.2) is 0 Å². The summed E-state index contributed by atoms with van der Waals surface area (Å²) in [7, 11) is 0. The monoisotopic (exact) mass is 360 g/mol. The molecule has 1 saturated heterocycles. The lowest BCUT2D eigenvalue weighted by molar-refractivity contribution is -0.901. The van der Waals surface area contributed by atoms with Crippen LogP contribution in [0.3, 0.4) is 0 Å². The van der Waals surface area contributed by atoms with Crippen molar-refractivity contribution in [1.29, 1.82) is 0 Å². The van der Waals surface area contributed by atoms with Crippen LogP contribution in [-0.4, -0.2) is 24.0 Å². The first-order chi connectivity index (χ1) is 13.2.